The maximum Gasteiger partial charge on any atom is 0.119 e. The Labute approximate surface area is 99.9 Å². The van der Waals surface area contributed by atoms with E-state index in [1.54, 1.807) is 7.11 Å². The van der Waals surface area contributed by atoms with Crippen LogP contribution >= 0.6 is 15.9 Å². The highest BCUT2D eigenvalue weighted by molar-refractivity contribution is 9.10. The lowest BCUT2D eigenvalue weighted by molar-refractivity contribution is 0.413. The summed E-state index contributed by atoms with van der Waals surface area (Å²) in [7, 11) is 1.67. The first-order chi connectivity index (χ1) is 7.19. The maximum absolute atomic E-state index is 6.12. The van der Waals surface area contributed by atoms with Gasteiger partial charge in [0.2, 0.25) is 0 Å². The molecule has 2 nitrogen and oxygen atoms in total. The monoisotopic (exact) mass is 271 g/mol. The molecule has 1 aromatic rings. The van der Waals surface area contributed by atoms with Crippen molar-refractivity contribution in [2.75, 3.05) is 7.11 Å². The van der Waals surface area contributed by atoms with Crippen LogP contribution in [0.3, 0.4) is 0 Å². The minimum absolute atomic E-state index is 0.0921. The summed E-state index contributed by atoms with van der Waals surface area (Å²) >= 11 is 3.52. The zero-order valence-electron chi connectivity index (χ0n) is 9.29. The highest BCUT2D eigenvalue weighted by Gasteiger charge is 2.10. The third-order valence-electron chi connectivity index (χ3n) is 2.47. The van der Waals surface area contributed by atoms with Crippen molar-refractivity contribution >= 4 is 15.9 Å². The number of rotatable bonds is 5. The average Bonchev–Trinajstić information content (AvgIpc) is 2.26. The number of ether oxygens (including phenoxy) is 1. The van der Waals surface area contributed by atoms with Crippen molar-refractivity contribution in [3.8, 4) is 5.75 Å². The normalized spacial score (nSPS) is 12.5. The fraction of sp³-hybridized carbons (Fsp3) is 0.500. The molecule has 0 amide bonds. The third-order valence-corrected chi connectivity index (χ3v) is 3.19. The Balaban J connectivity index is 2.81. The topological polar surface area (TPSA) is 35.2 Å². The highest BCUT2D eigenvalue weighted by atomic mass is 79.9. The van der Waals surface area contributed by atoms with E-state index in [-0.39, 0.29) is 6.04 Å². The number of hydrogen-bond donors (Lipinski definition) is 1. The molecule has 3 heteroatoms. The molecule has 0 saturated carbocycles. The summed E-state index contributed by atoms with van der Waals surface area (Å²) in [5.41, 5.74) is 7.25. The first-order valence-electron chi connectivity index (χ1n) is 5.28. The number of halogens is 1. The number of hydrogen-bond acceptors (Lipinski definition) is 2. The van der Waals surface area contributed by atoms with Gasteiger partial charge in [0.05, 0.1) is 7.11 Å². The number of benzene rings is 1. The molecule has 0 aliphatic heterocycles. The molecule has 0 aromatic heterocycles. The van der Waals surface area contributed by atoms with Gasteiger partial charge in [-0.15, -0.1) is 0 Å². The van der Waals surface area contributed by atoms with Crippen LogP contribution in [0.25, 0.3) is 0 Å². The summed E-state index contributed by atoms with van der Waals surface area (Å²) in [5.74, 6) is 0.861. The predicted octanol–water partition coefficient (Wildman–Crippen LogP) is 3.65. The van der Waals surface area contributed by atoms with Gasteiger partial charge in [0, 0.05) is 10.5 Å². The standard InChI is InChI=1S/C12H18BrNO/c1-3-4-5-12(14)10-8-9(15-2)6-7-11(10)13/h6-8,12H,3-5,14H2,1-2H3/t12-/m1/s1. The Morgan fingerprint density at radius 1 is 1.47 bits per heavy atom. The van der Waals surface area contributed by atoms with Crippen LogP contribution < -0.4 is 10.5 Å². The Morgan fingerprint density at radius 2 is 2.20 bits per heavy atom. The van der Waals surface area contributed by atoms with Crippen LogP contribution in [0, 0.1) is 0 Å². The molecule has 0 unspecified atom stereocenters. The van der Waals surface area contributed by atoms with Crippen LogP contribution in [0.15, 0.2) is 22.7 Å². The fourth-order valence-corrected chi connectivity index (χ4v) is 2.05. The smallest absolute Gasteiger partial charge is 0.119 e. The van der Waals surface area contributed by atoms with Crippen molar-refractivity contribution in [2.24, 2.45) is 5.73 Å². The van der Waals surface area contributed by atoms with E-state index in [4.69, 9.17) is 10.5 Å². The van der Waals surface area contributed by atoms with Gasteiger partial charge in [-0.25, -0.2) is 0 Å². The van der Waals surface area contributed by atoms with Crippen LogP contribution in [0.1, 0.15) is 37.8 Å². The van der Waals surface area contributed by atoms with Gasteiger partial charge in [0.15, 0.2) is 0 Å². The Morgan fingerprint density at radius 3 is 2.80 bits per heavy atom. The van der Waals surface area contributed by atoms with Gasteiger partial charge in [0.25, 0.3) is 0 Å². The van der Waals surface area contributed by atoms with E-state index in [0.29, 0.717) is 0 Å². The Hall–Kier alpha value is -0.540. The second-order valence-electron chi connectivity index (χ2n) is 3.64. The quantitative estimate of drug-likeness (QED) is 0.888. The number of nitrogens with two attached hydrogens (primary N) is 1. The van der Waals surface area contributed by atoms with Gasteiger partial charge in [-0.3, -0.25) is 0 Å². The van der Waals surface area contributed by atoms with Crippen molar-refractivity contribution < 1.29 is 4.74 Å². The van der Waals surface area contributed by atoms with E-state index in [0.717, 1.165) is 28.6 Å². The van der Waals surface area contributed by atoms with E-state index in [9.17, 15) is 0 Å². The molecule has 0 aliphatic rings. The molecular weight excluding hydrogens is 254 g/mol. The lowest BCUT2D eigenvalue weighted by atomic mass is 10.0. The van der Waals surface area contributed by atoms with E-state index >= 15 is 0 Å². The van der Waals surface area contributed by atoms with Crippen molar-refractivity contribution in [2.45, 2.75) is 32.2 Å². The van der Waals surface area contributed by atoms with Gasteiger partial charge in [0.1, 0.15) is 5.75 Å². The largest absolute Gasteiger partial charge is 0.497 e. The lowest BCUT2D eigenvalue weighted by Gasteiger charge is -2.14. The van der Waals surface area contributed by atoms with E-state index in [1.807, 2.05) is 18.2 Å². The average molecular weight is 272 g/mol. The zero-order valence-corrected chi connectivity index (χ0v) is 10.9. The summed E-state index contributed by atoms with van der Waals surface area (Å²) in [4.78, 5) is 0. The molecule has 2 N–H and O–H groups in total. The van der Waals surface area contributed by atoms with E-state index in [1.165, 1.54) is 6.42 Å². The molecule has 15 heavy (non-hydrogen) atoms. The van der Waals surface area contributed by atoms with E-state index < -0.39 is 0 Å². The van der Waals surface area contributed by atoms with Crippen molar-refractivity contribution in [1.29, 1.82) is 0 Å². The lowest BCUT2D eigenvalue weighted by Crippen LogP contribution is -2.10. The zero-order chi connectivity index (χ0) is 11.3. The molecular formula is C12H18BrNO. The predicted molar refractivity (Wildman–Crippen MR) is 67.1 cm³/mol. The fourth-order valence-electron chi connectivity index (χ4n) is 1.51. The maximum atomic E-state index is 6.12. The molecule has 0 bridgehead atoms. The molecule has 0 spiro atoms. The van der Waals surface area contributed by atoms with Gasteiger partial charge in [-0.05, 0) is 30.2 Å². The highest BCUT2D eigenvalue weighted by Crippen LogP contribution is 2.28. The summed E-state index contributed by atoms with van der Waals surface area (Å²) in [5, 5.41) is 0. The molecule has 0 fully saturated rings. The minimum atomic E-state index is 0.0921. The third kappa shape index (κ3) is 3.50. The van der Waals surface area contributed by atoms with Crippen LogP contribution in [-0.2, 0) is 0 Å². The van der Waals surface area contributed by atoms with Crippen LogP contribution in [0.2, 0.25) is 0 Å². The van der Waals surface area contributed by atoms with Crippen molar-refractivity contribution in [1.82, 2.24) is 0 Å². The van der Waals surface area contributed by atoms with Crippen molar-refractivity contribution in [3.05, 3.63) is 28.2 Å². The summed E-state index contributed by atoms with van der Waals surface area (Å²) in [6.45, 7) is 2.17. The van der Waals surface area contributed by atoms with Gasteiger partial charge >= 0.3 is 0 Å². The van der Waals surface area contributed by atoms with Gasteiger partial charge < -0.3 is 10.5 Å². The second kappa shape index (κ2) is 6.13. The first-order valence-corrected chi connectivity index (χ1v) is 6.07. The second-order valence-corrected chi connectivity index (χ2v) is 4.49. The Bertz CT molecular complexity index is 314. The molecule has 0 aliphatic carbocycles. The Kier molecular flexibility index (Phi) is 5.12. The molecule has 0 heterocycles. The van der Waals surface area contributed by atoms with Crippen molar-refractivity contribution in [3.63, 3.8) is 0 Å². The van der Waals surface area contributed by atoms with Gasteiger partial charge in [-0.2, -0.15) is 0 Å². The molecule has 1 aromatic carbocycles. The first kappa shape index (κ1) is 12.5. The minimum Gasteiger partial charge on any atom is -0.497 e. The van der Waals surface area contributed by atoms with E-state index in [2.05, 4.69) is 22.9 Å². The SMILES string of the molecule is CCCC[C@@H](N)c1cc(OC)ccc1Br. The summed E-state index contributed by atoms with van der Waals surface area (Å²) in [6.07, 6.45) is 3.35. The van der Waals surface area contributed by atoms with Crippen LogP contribution in [-0.4, -0.2) is 7.11 Å². The molecule has 1 atom stereocenters. The van der Waals surface area contributed by atoms with Gasteiger partial charge in [-0.1, -0.05) is 35.7 Å². The number of unbranched alkanes of at least 4 members (excludes halogenated alkanes) is 1. The number of methoxy groups -OCH3 is 1. The molecule has 1 rings (SSSR count). The molecule has 0 saturated heterocycles. The summed E-state index contributed by atoms with van der Waals surface area (Å²) < 4.78 is 6.25. The molecule has 0 radical (unpaired) electrons. The van der Waals surface area contributed by atoms with Crippen LogP contribution in [0.5, 0.6) is 5.75 Å². The summed E-state index contributed by atoms with van der Waals surface area (Å²) in [6, 6.07) is 6.01. The molecule has 84 valence electrons. The van der Waals surface area contributed by atoms with Crippen LogP contribution in [0.4, 0.5) is 0 Å².